The van der Waals surface area contributed by atoms with Gasteiger partial charge in [-0.2, -0.15) is 0 Å². The highest BCUT2D eigenvalue weighted by Gasteiger charge is 1.96. The van der Waals surface area contributed by atoms with Crippen molar-refractivity contribution >= 4 is 0 Å². The second-order valence-corrected chi connectivity index (χ2v) is 2.27. The molecular formula is C7H14N2O. The summed E-state index contributed by atoms with van der Waals surface area (Å²) in [5, 5.41) is 0. The van der Waals surface area contributed by atoms with Crippen LogP contribution in [0.2, 0.25) is 0 Å². The van der Waals surface area contributed by atoms with Crippen LogP contribution in [0.15, 0.2) is 18.7 Å². The van der Waals surface area contributed by atoms with Gasteiger partial charge in [0, 0.05) is 18.4 Å². The Morgan fingerprint density at radius 2 is 2.30 bits per heavy atom. The Bertz CT molecular complexity index is 160. The van der Waals surface area contributed by atoms with Gasteiger partial charge in [-0.15, -0.1) is 0 Å². The highest BCUT2D eigenvalue weighted by atomic mass is 16.0. The molecule has 10 heavy (non-hydrogen) atoms. The fraction of sp³-hybridized carbons (Fsp3) is 0.571. The number of rotatable bonds is 2. The number of hydrogen-bond acceptors (Lipinski definition) is 1. The van der Waals surface area contributed by atoms with Crippen LogP contribution < -0.4 is 0 Å². The van der Waals surface area contributed by atoms with Gasteiger partial charge in [-0.25, -0.2) is 4.98 Å². The van der Waals surface area contributed by atoms with E-state index < -0.39 is 0 Å². The lowest BCUT2D eigenvalue weighted by Crippen LogP contribution is -1.99. The molecule has 58 valence electrons. The third kappa shape index (κ3) is 1.84. The summed E-state index contributed by atoms with van der Waals surface area (Å²) < 4.78 is 2.11. The van der Waals surface area contributed by atoms with Crippen LogP contribution in [-0.2, 0) is 0 Å². The minimum atomic E-state index is 0. The van der Waals surface area contributed by atoms with Crippen molar-refractivity contribution in [2.24, 2.45) is 0 Å². The molecule has 1 aromatic rings. The van der Waals surface area contributed by atoms with E-state index in [4.69, 9.17) is 0 Å². The number of aromatic nitrogens is 2. The normalized spacial score (nSPS) is 12.2. The predicted octanol–water partition coefficient (Wildman–Crippen LogP) is 1.03. The molecule has 0 aliphatic heterocycles. The molecule has 1 aromatic heterocycles. The lowest BCUT2D eigenvalue weighted by atomic mass is 10.3. The van der Waals surface area contributed by atoms with Gasteiger partial charge < -0.3 is 10.0 Å². The zero-order valence-corrected chi connectivity index (χ0v) is 6.41. The molecule has 3 nitrogen and oxygen atoms in total. The van der Waals surface area contributed by atoms with Crippen molar-refractivity contribution in [1.29, 1.82) is 0 Å². The van der Waals surface area contributed by atoms with Crippen molar-refractivity contribution in [3.63, 3.8) is 0 Å². The number of nitrogens with zero attached hydrogens (tertiary/aromatic N) is 2. The Balaban J connectivity index is 0.000000810. The van der Waals surface area contributed by atoms with E-state index in [0.29, 0.717) is 6.04 Å². The molecule has 2 N–H and O–H groups in total. The maximum absolute atomic E-state index is 3.95. The van der Waals surface area contributed by atoms with Crippen molar-refractivity contribution in [1.82, 2.24) is 9.55 Å². The summed E-state index contributed by atoms with van der Waals surface area (Å²) in [7, 11) is 0. The van der Waals surface area contributed by atoms with Crippen molar-refractivity contribution < 1.29 is 5.48 Å². The topological polar surface area (TPSA) is 49.3 Å². The molecule has 0 saturated heterocycles. The van der Waals surface area contributed by atoms with Gasteiger partial charge in [0.05, 0.1) is 6.33 Å². The molecule has 1 atom stereocenters. The van der Waals surface area contributed by atoms with Gasteiger partial charge in [0.2, 0.25) is 0 Å². The molecule has 0 aliphatic rings. The first kappa shape index (κ1) is 9.17. The van der Waals surface area contributed by atoms with Crippen molar-refractivity contribution in [3.05, 3.63) is 18.7 Å². The molecule has 0 aliphatic carbocycles. The smallest absolute Gasteiger partial charge is 0.0948 e. The zero-order chi connectivity index (χ0) is 6.69. The Labute approximate surface area is 61.0 Å². The molecule has 0 amide bonds. The summed E-state index contributed by atoms with van der Waals surface area (Å²) in [4.78, 5) is 3.95. The molecule has 0 aromatic carbocycles. The molecule has 0 fully saturated rings. The fourth-order valence-electron chi connectivity index (χ4n) is 0.741. The van der Waals surface area contributed by atoms with Gasteiger partial charge in [0.25, 0.3) is 0 Å². The predicted molar refractivity (Wildman–Crippen MR) is 40.8 cm³/mol. The van der Waals surface area contributed by atoms with Crippen LogP contribution in [0.1, 0.15) is 26.3 Å². The molecule has 1 unspecified atom stereocenters. The van der Waals surface area contributed by atoms with Gasteiger partial charge in [-0.1, -0.05) is 6.92 Å². The Kier molecular flexibility index (Phi) is 3.72. The maximum atomic E-state index is 3.95. The van der Waals surface area contributed by atoms with Gasteiger partial charge in [0.15, 0.2) is 0 Å². The van der Waals surface area contributed by atoms with E-state index in [0.717, 1.165) is 6.42 Å². The average molecular weight is 142 g/mol. The van der Waals surface area contributed by atoms with Crippen molar-refractivity contribution in [3.8, 4) is 0 Å². The monoisotopic (exact) mass is 142 g/mol. The lowest BCUT2D eigenvalue weighted by molar-refractivity contribution is 0.530. The second kappa shape index (κ2) is 4.06. The lowest BCUT2D eigenvalue weighted by Gasteiger charge is -2.07. The largest absolute Gasteiger partial charge is 0.412 e. The van der Waals surface area contributed by atoms with Crippen LogP contribution in [0.4, 0.5) is 0 Å². The molecule has 0 saturated carbocycles. The summed E-state index contributed by atoms with van der Waals surface area (Å²) in [6.07, 6.45) is 6.82. The molecule has 1 rings (SSSR count). The van der Waals surface area contributed by atoms with E-state index in [1.54, 1.807) is 0 Å². The van der Waals surface area contributed by atoms with Crippen LogP contribution in [0.25, 0.3) is 0 Å². The Morgan fingerprint density at radius 3 is 2.70 bits per heavy atom. The highest BCUT2D eigenvalue weighted by molar-refractivity contribution is 4.77. The van der Waals surface area contributed by atoms with Gasteiger partial charge in [-0.3, -0.25) is 0 Å². The summed E-state index contributed by atoms with van der Waals surface area (Å²) in [6.45, 7) is 4.35. The van der Waals surface area contributed by atoms with Crippen LogP contribution >= 0.6 is 0 Å². The number of imidazole rings is 1. The fourth-order valence-corrected chi connectivity index (χ4v) is 0.741. The van der Waals surface area contributed by atoms with Crippen LogP contribution in [0.3, 0.4) is 0 Å². The molecule has 3 heteroatoms. The van der Waals surface area contributed by atoms with Gasteiger partial charge in [0.1, 0.15) is 0 Å². The van der Waals surface area contributed by atoms with Crippen LogP contribution in [0, 0.1) is 0 Å². The Morgan fingerprint density at radius 1 is 1.60 bits per heavy atom. The third-order valence-electron chi connectivity index (χ3n) is 1.62. The first-order valence-electron chi connectivity index (χ1n) is 3.32. The minimum Gasteiger partial charge on any atom is -0.412 e. The van der Waals surface area contributed by atoms with Crippen LogP contribution in [-0.4, -0.2) is 15.0 Å². The molecule has 1 heterocycles. The zero-order valence-electron chi connectivity index (χ0n) is 6.41. The third-order valence-corrected chi connectivity index (χ3v) is 1.62. The maximum Gasteiger partial charge on any atom is 0.0948 e. The summed E-state index contributed by atoms with van der Waals surface area (Å²) in [5.74, 6) is 0. The first-order chi connectivity index (χ1) is 4.34. The van der Waals surface area contributed by atoms with E-state index in [-0.39, 0.29) is 5.48 Å². The number of hydrogen-bond donors (Lipinski definition) is 0. The SMILES string of the molecule is CCC(C)n1ccnc1.O. The molecule has 0 bridgehead atoms. The van der Waals surface area contributed by atoms with E-state index in [2.05, 4.69) is 23.4 Å². The summed E-state index contributed by atoms with van der Waals surface area (Å²) in [5.41, 5.74) is 0. The second-order valence-electron chi connectivity index (χ2n) is 2.27. The highest BCUT2D eigenvalue weighted by Crippen LogP contribution is 2.06. The van der Waals surface area contributed by atoms with E-state index in [1.165, 1.54) is 0 Å². The molecule has 0 spiro atoms. The molecule has 0 radical (unpaired) electrons. The van der Waals surface area contributed by atoms with E-state index in [1.807, 2.05) is 18.7 Å². The summed E-state index contributed by atoms with van der Waals surface area (Å²) in [6, 6.07) is 0.590. The van der Waals surface area contributed by atoms with Crippen LogP contribution in [0.5, 0.6) is 0 Å². The summed E-state index contributed by atoms with van der Waals surface area (Å²) >= 11 is 0. The van der Waals surface area contributed by atoms with E-state index in [9.17, 15) is 0 Å². The van der Waals surface area contributed by atoms with Gasteiger partial charge >= 0.3 is 0 Å². The average Bonchev–Trinajstić information content (AvgIpc) is 2.37. The quantitative estimate of drug-likeness (QED) is 0.608. The molecular weight excluding hydrogens is 128 g/mol. The first-order valence-corrected chi connectivity index (χ1v) is 3.32. The standard InChI is InChI=1S/C7H12N2.H2O/c1-3-7(2)9-5-4-8-6-9;/h4-7H,3H2,1-2H3;1H2. The van der Waals surface area contributed by atoms with E-state index >= 15 is 0 Å². The Hall–Kier alpha value is -0.830. The minimum absolute atomic E-state index is 0. The van der Waals surface area contributed by atoms with Crippen molar-refractivity contribution in [2.45, 2.75) is 26.3 Å². The van der Waals surface area contributed by atoms with Gasteiger partial charge in [-0.05, 0) is 13.3 Å². The van der Waals surface area contributed by atoms with Crippen molar-refractivity contribution in [2.75, 3.05) is 0 Å².